The first-order valence-electron chi connectivity index (χ1n) is 12.1. The highest BCUT2D eigenvalue weighted by molar-refractivity contribution is 9.10. The molecule has 1 aliphatic heterocycles. The van der Waals surface area contributed by atoms with Crippen molar-refractivity contribution in [3.63, 3.8) is 0 Å². The monoisotopic (exact) mass is 581 g/mol. The third-order valence-electron chi connectivity index (χ3n) is 4.45. The largest absolute Gasteiger partial charge is 0.469 e. The number of benzene rings is 1. The molecule has 1 saturated carbocycles. The number of hydrogen-bond acceptors (Lipinski definition) is 6. The second kappa shape index (κ2) is 22.7. The normalized spacial score (nSPS) is 21.1. The average molecular weight is 583 g/mol. The maximum atomic E-state index is 12.0. The molecule has 1 aromatic rings. The van der Waals surface area contributed by atoms with E-state index >= 15 is 0 Å². The van der Waals surface area contributed by atoms with E-state index in [1.165, 1.54) is 7.11 Å². The molecule has 4 unspecified atom stereocenters. The van der Waals surface area contributed by atoms with Gasteiger partial charge in [0.2, 0.25) is 6.41 Å². The first-order valence-corrected chi connectivity index (χ1v) is 14.3. The van der Waals surface area contributed by atoms with Crippen LogP contribution in [0.1, 0.15) is 61.3 Å². The van der Waals surface area contributed by atoms with Crippen LogP contribution in [-0.4, -0.2) is 46.6 Å². The summed E-state index contributed by atoms with van der Waals surface area (Å²) >= 11 is 3.27. The van der Waals surface area contributed by atoms with Crippen molar-refractivity contribution in [2.24, 2.45) is 17.6 Å². The highest BCUT2D eigenvalue weighted by Gasteiger charge is 2.41. The molecule has 0 spiro atoms. The standard InChI is InChI=1S/C11H14BrNO3S.C7H10O2.3C2H6.CH3NO/c1-8-6-10(7-13-8)16-17(14,15)11-4-2-9(12)3-5-11;1-3-5-4-6(5)7(8)9-2;3*1-2;2-1-3/h2-5,8,10,13H,6-7H2,1H3;3,5-6H,1,4H2,2H3;3*1-2H3;1H,(H2,2,3)/p+1. The number of methoxy groups -OCH3 is 1. The summed E-state index contributed by atoms with van der Waals surface area (Å²) in [5, 5.41) is 2.10. The van der Waals surface area contributed by atoms with Gasteiger partial charge in [-0.05, 0) is 43.5 Å². The third-order valence-corrected chi connectivity index (χ3v) is 6.35. The lowest BCUT2D eigenvalue weighted by molar-refractivity contribution is -0.668. The number of carbonyl (C=O) groups excluding carboxylic acids is 2. The zero-order valence-corrected chi connectivity index (χ0v) is 24.9. The molecule has 35 heavy (non-hydrogen) atoms. The molecule has 4 N–H and O–H groups in total. The van der Waals surface area contributed by atoms with Gasteiger partial charge in [-0.1, -0.05) is 63.5 Å². The van der Waals surface area contributed by atoms with Crippen LogP contribution in [0.5, 0.6) is 0 Å². The van der Waals surface area contributed by atoms with E-state index < -0.39 is 10.1 Å². The number of hydrogen-bond donors (Lipinski definition) is 2. The lowest BCUT2D eigenvalue weighted by Crippen LogP contribution is -2.86. The Morgan fingerprint density at radius 3 is 1.94 bits per heavy atom. The van der Waals surface area contributed by atoms with Gasteiger partial charge in [0.15, 0.2) is 0 Å². The number of allylic oxidation sites excluding steroid dienone is 1. The van der Waals surface area contributed by atoms with Crippen LogP contribution in [0.3, 0.4) is 0 Å². The van der Waals surface area contributed by atoms with Crippen LogP contribution in [0, 0.1) is 11.8 Å². The second-order valence-corrected chi connectivity index (χ2v) is 9.20. The predicted molar refractivity (Wildman–Crippen MR) is 145 cm³/mol. The molecule has 0 radical (unpaired) electrons. The van der Waals surface area contributed by atoms with E-state index in [0.717, 1.165) is 17.3 Å². The van der Waals surface area contributed by atoms with Crippen LogP contribution in [0.4, 0.5) is 0 Å². The lowest BCUT2D eigenvalue weighted by atomic mass is 10.2. The highest BCUT2D eigenvalue weighted by atomic mass is 79.9. The fourth-order valence-corrected chi connectivity index (χ4v) is 4.16. The van der Waals surface area contributed by atoms with Crippen molar-refractivity contribution in [3.8, 4) is 0 Å². The number of nitrogens with two attached hydrogens (primary N) is 2. The Kier molecular flexibility index (Phi) is 24.5. The zero-order valence-electron chi connectivity index (χ0n) is 22.5. The Morgan fingerprint density at radius 2 is 1.60 bits per heavy atom. The first kappa shape index (κ1) is 37.8. The van der Waals surface area contributed by atoms with E-state index in [1.807, 2.05) is 47.6 Å². The quantitative estimate of drug-likeness (QED) is 0.233. The van der Waals surface area contributed by atoms with Crippen molar-refractivity contribution < 1.29 is 32.2 Å². The molecule has 4 atom stereocenters. The van der Waals surface area contributed by atoms with E-state index in [1.54, 1.807) is 24.3 Å². The van der Waals surface area contributed by atoms with Crippen LogP contribution < -0.4 is 11.1 Å². The molecule has 8 nitrogen and oxygen atoms in total. The molecule has 1 aromatic carbocycles. The van der Waals surface area contributed by atoms with Crippen molar-refractivity contribution in [1.29, 1.82) is 0 Å². The number of primary amides is 1. The Labute approximate surface area is 221 Å². The first-order chi connectivity index (χ1) is 16.7. The minimum Gasteiger partial charge on any atom is -0.469 e. The van der Waals surface area contributed by atoms with Crippen molar-refractivity contribution in [1.82, 2.24) is 0 Å². The smallest absolute Gasteiger partial charge is 0.309 e. The summed E-state index contributed by atoms with van der Waals surface area (Å²) in [5.41, 5.74) is 4.17. The molecule has 1 aliphatic carbocycles. The summed E-state index contributed by atoms with van der Waals surface area (Å²) in [6, 6.07) is 6.91. The molecular formula is C25H46BrN2O6S+. The van der Waals surface area contributed by atoms with E-state index in [0.29, 0.717) is 18.5 Å². The Balaban J connectivity index is -0.000000480. The van der Waals surface area contributed by atoms with Crippen LogP contribution in [-0.2, 0) is 28.6 Å². The topological polar surface area (TPSA) is 129 Å². The van der Waals surface area contributed by atoms with E-state index in [4.69, 9.17) is 8.98 Å². The fourth-order valence-electron chi connectivity index (χ4n) is 2.80. The number of halogens is 1. The summed E-state index contributed by atoms with van der Waals surface area (Å²) in [7, 11) is -2.21. The predicted octanol–water partition coefficient (Wildman–Crippen LogP) is 4.04. The van der Waals surface area contributed by atoms with Gasteiger partial charge in [-0.25, -0.2) is 0 Å². The molecular weight excluding hydrogens is 536 g/mol. The summed E-state index contributed by atoms with van der Waals surface area (Å²) < 4.78 is 34.5. The minimum atomic E-state index is -3.62. The van der Waals surface area contributed by atoms with Gasteiger partial charge >= 0.3 is 5.97 Å². The van der Waals surface area contributed by atoms with Gasteiger partial charge in [0.1, 0.15) is 12.6 Å². The number of amides is 1. The Hall–Kier alpha value is -1.75. The highest BCUT2D eigenvalue weighted by Crippen LogP contribution is 2.39. The Morgan fingerprint density at radius 1 is 1.11 bits per heavy atom. The maximum Gasteiger partial charge on any atom is 0.309 e. The molecule has 2 fully saturated rings. The number of ether oxygens (including phenoxy) is 1. The van der Waals surface area contributed by atoms with Crippen LogP contribution >= 0.6 is 15.9 Å². The molecule has 2 aliphatic rings. The molecule has 10 heteroatoms. The van der Waals surface area contributed by atoms with Gasteiger partial charge < -0.3 is 15.8 Å². The maximum absolute atomic E-state index is 12.0. The molecule has 1 amide bonds. The van der Waals surface area contributed by atoms with Crippen LogP contribution in [0.2, 0.25) is 0 Å². The second-order valence-electron chi connectivity index (χ2n) is 6.71. The molecule has 0 bridgehead atoms. The van der Waals surface area contributed by atoms with Crippen molar-refractivity contribution >= 4 is 38.4 Å². The number of esters is 1. The van der Waals surface area contributed by atoms with E-state index in [9.17, 15) is 13.2 Å². The van der Waals surface area contributed by atoms with Gasteiger partial charge in [-0.3, -0.25) is 13.8 Å². The molecule has 204 valence electrons. The fraction of sp³-hybridized carbons (Fsp3) is 0.600. The van der Waals surface area contributed by atoms with Crippen molar-refractivity contribution in [3.05, 3.63) is 41.4 Å². The summed E-state index contributed by atoms with van der Waals surface area (Å²) in [4.78, 5) is 19.5. The van der Waals surface area contributed by atoms with Gasteiger partial charge in [0.05, 0.1) is 24.0 Å². The molecule has 1 saturated heterocycles. The third kappa shape index (κ3) is 16.5. The van der Waals surface area contributed by atoms with E-state index in [2.05, 4.69) is 45.2 Å². The summed E-state index contributed by atoms with van der Waals surface area (Å²) in [6.45, 7) is 18.4. The lowest BCUT2D eigenvalue weighted by Gasteiger charge is -2.09. The van der Waals surface area contributed by atoms with Gasteiger partial charge in [-0.2, -0.15) is 8.42 Å². The van der Waals surface area contributed by atoms with Crippen molar-refractivity contribution in [2.75, 3.05) is 13.7 Å². The number of rotatable bonds is 5. The summed E-state index contributed by atoms with van der Waals surface area (Å²) in [6.07, 6.45) is 3.55. The van der Waals surface area contributed by atoms with Gasteiger partial charge in [0, 0.05) is 10.9 Å². The molecule has 0 aromatic heterocycles. The van der Waals surface area contributed by atoms with Crippen LogP contribution in [0.15, 0.2) is 46.3 Å². The van der Waals surface area contributed by atoms with Crippen molar-refractivity contribution in [2.45, 2.75) is 78.3 Å². The van der Waals surface area contributed by atoms with Crippen LogP contribution in [0.25, 0.3) is 0 Å². The Bertz CT molecular complexity index is 788. The molecule has 3 rings (SSSR count). The average Bonchev–Trinajstić information content (AvgIpc) is 3.57. The molecule has 1 heterocycles. The zero-order chi connectivity index (χ0) is 28.0. The van der Waals surface area contributed by atoms with Gasteiger partial charge in [-0.15, -0.1) is 6.58 Å². The van der Waals surface area contributed by atoms with Gasteiger partial charge in [0.25, 0.3) is 10.1 Å². The number of carbonyl (C=O) groups is 2. The summed E-state index contributed by atoms with van der Waals surface area (Å²) in [5.74, 6) is 0.407. The SMILES string of the molecule is C=CC1CC1C(=O)OC.CC.CC.CC.CC1CC(OS(=O)(=O)c2ccc(Br)cc2)C[NH2+]1.NC=O. The number of quaternary nitrogens is 1. The minimum absolute atomic E-state index is 0.0973. The van der Waals surface area contributed by atoms with E-state index in [-0.39, 0.29) is 29.3 Å².